The molecular weight excluding hydrogens is 288 g/mol. The summed E-state index contributed by atoms with van der Waals surface area (Å²) in [5, 5.41) is 3.10. The summed E-state index contributed by atoms with van der Waals surface area (Å²) in [5.41, 5.74) is 0.297. The summed E-state index contributed by atoms with van der Waals surface area (Å²) in [4.78, 5) is 6.35. The smallest absolute Gasteiger partial charge is 0.193 e. The molecule has 1 aromatic rings. The second-order valence-corrected chi connectivity index (χ2v) is 5.40. The molecule has 2 rings (SSSR count). The first kappa shape index (κ1) is 16.7. The zero-order chi connectivity index (χ0) is 15.9. The molecule has 1 unspecified atom stereocenters. The van der Waals surface area contributed by atoms with E-state index in [9.17, 15) is 8.78 Å². The van der Waals surface area contributed by atoms with Gasteiger partial charge in [0.25, 0.3) is 0 Å². The molecule has 6 heteroatoms. The predicted molar refractivity (Wildman–Crippen MR) is 82.7 cm³/mol. The highest BCUT2D eigenvalue weighted by Crippen LogP contribution is 2.17. The van der Waals surface area contributed by atoms with Crippen LogP contribution in [0.3, 0.4) is 0 Å². The highest BCUT2D eigenvalue weighted by molar-refractivity contribution is 5.80. The van der Waals surface area contributed by atoms with Gasteiger partial charge >= 0.3 is 0 Å². The van der Waals surface area contributed by atoms with E-state index in [0.29, 0.717) is 17.4 Å². The van der Waals surface area contributed by atoms with Gasteiger partial charge in [-0.1, -0.05) is 0 Å². The molecule has 0 radical (unpaired) electrons. The van der Waals surface area contributed by atoms with Crippen LogP contribution in [0.2, 0.25) is 0 Å². The number of nitrogens with zero attached hydrogens (tertiary/aromatic N) is 2. The second kappa shape index (κ2) is 8.08. The van der Waals surface area contributed by atoms with Gasteiger partial charge in [0, 0.05) is 44.8 Å². The monoisotopic (exact) mass is 311 g/mol. The minimum Gasteiger partial charge on any atom is -0.381 e. The lowest BCUT2D eigenvalue weighted by atomic mass is 10.1. The first-order valence-electron chi connectivity index (χ1n) is 7.61. The Morgan fingerprint density at radius 3 is 3.00 bits per heavy atom. The number of likely N-dealkylation sites (tertiary alicyclic amines) is 1. The first-order valence-corrected chi connectivity index (χ1v) is 7.61. The van der Waals surface area contributed by atoms with Crippen molar-refractivity contribution in [1.82, 2.24) is 10.2 Å². The average Bonchev–Trinajstić information content (AvgIpc) is 2.98. The summed E-state index contributed by atoms with van der Waals surface area (Å²) in [5.74, 6) is 0.346. The Bertz CT molecular complexity index is 522. The maximum Gasteiger partial charge on any atom is 0.193 e. The third-order valence-electron chi connectivity index (χ3n) is 3.80. The Hall–Kier alpha value is -1.69. The Morgan fingerprint density at radius 1 is 1.45 bits per heavy atom. The van der Waals surface area contributed by atoms with Gasteiger partial charge < -0.3 is 15.0 Å². The number of rotatable bonds is 5. The van der Waals surface area contributed by atoms with Crippen LogP contribution in [0, 0.1) is 17.6 Å². The van der Waals surface area contributed by atoms with Crippen molar-refractivity contribution in [3.63, 3.8) is 0 Å². The van der Waals surface area contributed by atoms with E-state index in [1.165, 1.54) is 6.07 Å². The molecule has 0 saturated carbocycles. The van der Waals surface area contributed by atoms with Crippen LogP contribution in [0.1, 0.15) is 18.9 Å². The predicted octanol–water partition coefficient (Wildman–Crippen LogP) is 2.40. The van der Waals surface area contributed by atoms with Gasteiger partial charge in [-0.25, -0.2) is 8.78 Å². The molecule has 1 aliphatic rings. The molecule has 4 nitrogen and oxygen atoms in total. The van der Waals surface area contributed by atoms with E-state index < -0.39 is 11.6 Å². The van der Waals surface area contributed by atoms with Gasteiger partial charge in [-0.15, -0.1) is 0 Å². The topological polar surface area (TPSA) is 36.9 Å². The molecule has 1 saturated heterocycles. The fourth-order valence-electron chi connectivity index (χ4n) is 2.63. The van der Waals surface area contributed by atoms with Crippen LogP contribution in [0.5, 0.6) is 0 Å². The Morgan fingerprint density at radius 2 is 2.27 bits per heavy atom. The van der Waals surface area contributed by atoms with Gasteiger partial charge in [0.1, 0.15) is 11.6 Å². The molecule has 1 heterocycles. The molecule has 0 aliphatic carbocycles. The van der Waals surface area contributed by atoms with Crippen LogP contribution in [0.25, 0.3) is 0 Å². The lowest BCUT2D eigenvalue weighted by Gasteiger charge is -2.22. The summed E-state index contributed by atoms with van der Waals surface area (Å²) in [7, 11) is 1.69. The molecule has 1 atom stereocenters. The van der Waals surface area contributed by atoms with Crippen molar-refractivity contribution >= 4 is 5.96 Å². The van der Waals surface area contributed by atoms with E-state index in [-0.39, 0.29) is 6.54 Å². The standard InChI is InChI=1S/C16H23F2N3O/c1-3-22-11-12-6-7-21(10-12)16(19-2)20-9-13-8-14(17)4-5-15(13)18/h4-5,8,12H,3,6-7,9-11H2,1-2H3,(H,19,20). The highest BCUT2D eigenvalue weighted by atomic mass is 19.1. The summed E-state index contributed by atoms with van der Waals surface area (Å²) in [6.07, 6.45) is 1.05. The Balaban J connectivity index is 1.89. The van der Waals surface area contributed by atoms with Crippen molar-refractivity contribution in [3.05, 3.63) is 35.4 Å². The van der Waals surface area contributed by atoms with E-state index in [0.717, 1.165) is 44.9 Å². The number of benzene rings is 1. The minimum atomic E-state index is -0.439. The molecule has 0 aromatic heterocycles. The SMILES string of the molecule is CCOCC1CCN(C(=NC)NCc2cc(F)ccc2F)C1. The lowest BCUT2D eigenvalue weighted by Crippen LogP contribution is -2.40. The molecular formula is C16H23F2N3O. The molecule has 1 aliphatic heterocycles. The fourth-order valence-corrected chi connectivity index (χ4v) is 2.63. The number of hydrogen-bond acceptors (Lipinski definition) is 2. The van der Waals surface area contributed by atoms with Crippen LogP contribution in [-0.2, 0) is 11.3 Å². The number of guanidine groups is 1. The van der Waals surface area contributed by atoms with Crippen molar-refractivity contribution < 1.29 is 13.5 Å². The zero-order valence-electron chi connectivity index (χ0n) is 13.1. The summed E-state index contributed by atoms with van der Waals surface area (Å²) in [6, 6.07) is 3.47. The van der Waals surface area contributed by atoms with Gasteiger partial charge in [-0.2, -0.15) is 0 Å². The van der Waals surface area contributed by atoms with Crippen molar-refractivity contribution in [3.8, 4) is 0 Å². The van der Waals surface area contributed by atoms with Gasteiger partial charge in [-0.05, 0) is 31.5 Å². The summed E-state index contributed by atoms with van der Waals surface area (Å²) >= 11 is 0. The van der Waals surface area contributed by atoms with Crippen molar-refractivity contribution in [2.45, 2.75) is 19.9 Å². The molecule has 1 aromatic carbocycles. The van der Waals surface area contributed by atoms with E-state index in [1.807, 2.05) is 6.92 Å². The molecule has 22 heavy (non-hydrogen) atoms. The summed E-state index contributed by atoms with van der Waals surface area (Å²) < 4.78 is 32.3. The van der Waals surface area contributed by atoms with Gasteiger partial charge in [0.15, 0.2) is 5.96 Å². The number of nitrogens with one attached hydrogen (secondary N) is 1. The summed E-state index contributed by atoms with van der Waals surface area (Å²) in [6.45, 7) is 5.43. The Labute approximate surface area is 130 Å². The van der Waals surface area contributed by atoms with Crippen LogP contribution in [0.4, 0.5) is 8.78 Å². The molecule has 122 valence electrons. The van der Waals surface area contributed by atoms with Gasteiger partial charge in [-0.3, -0.25) is 4.99 Å². The largest absolute Gasteiger partial charge is 0.381 e. The zero-order valence-corrected chi connectivity index (χ0v) is 13.1. The first-order chi connectivity index (χ1) is 10.6. The van der Waals surface area contributed by atoms with E-state index >= 15 is 0 Å². The number of halogens is 2. The third kappa shape index (κ3) is 4.40. The van der Waals surface area contributed by atoms with Gasteiger partial charge in [0.05, 0.1) is 6.61 Å². The molecule has 1 N–H and O–H groups in total. The lowest BCUT2D eigenvalue weighted by molar-refractivity contribution is 0.114. The molecule has 0 amide bonds. The maximum atomic E-state index is 13.6. The molecule has 0 spiro atoms. The van der Waals surface area contributed by atoms with Gasteiger partial charge in [0.2, 0.25) is 0 Å². The number of ether oxygens (including phenoxy) is 1. The van der Waals surface area contributed by atoms with Crippen molar-refractivity contribution in [1.29, 1.82) is 0 Å². The van der Waals surface area contributed by atoms with Crippen molar-refractivity contribution in [2.75, 3.05) is 33.4 Å². The minimum absolute atomic E-state index is 0.211. The molecule has 1 fully saturated rings. The van der Waals surface area contributed by atoms with Crippen LogP contribution >= 0.6 is 0 Å². The number of aliphatic imine (C=N–C) groups is 1. The van der Waals surface area contributed by atoms with Crippen LogP contribution in [0.15, 0.2) is 23.2 Å². The van der Waals surface area contributed by atoms with E-state index in [4.69, 9.17) is 4.74 Å². The quantitative estimate of drug-likeness (QED) is 0.670. The maximum absolute atomic E-state index is 13.6. The van der Waals surface area contributed by atoms with E-state index in [1.54, 1.807) is 7.05 Å². The Kier molecular flexibility index (Phi) is 6.12. The number of hydrogen-bond donors (Lipinski definition) is 1. The second-order valence-electron chi connectivity index (χ2n) is 5.40. The highest BCUT2D eigenvalue weighted by Gasteiger charge is 2.24. The normalized spacial score (nSPS) is 18.8. The van der Waals surface area contributed by atoms with Crippen LogP contribution in [-0.4, -0.2) is 44.2 Å². The van der Waals surface area contributed by atoms with E-state index in [2.05, 4.69) is 15.2 Å². The average molecular weight is 311 g/mol. The van der Waals surface area contributed by atoms with Crippen molar-refractivity contribution in [2.24, 2.45) is 10.9 Å². The fraction of sp³-hybridized carbons (Fsp3) is 0.562. The van der Waals surface area contributed by atoms with Crippen LogP contribution < -0.4 is 5.32 Å². The third-order valence-corrected chi connectivity index (χ3v) is 3.80. The molecule has 0 bridgehead atoms.